The van der Waals surface area contributed by atoms with Gasteiger partial charge in [-0.05, 0) is 12.8 Å². The van der Waals surface area contributed by atoms with Crippen molar-refractivity contribution in [1.82, 2.24) is 9.03 Å². The lowest BCUT2D eigenvalue weighted by Crippen LogP contribution is -2.45. The monoisotopic (exact) mass is 280 g/mol. The van der Waals surface area contributed by atoms with Crippen LogP contribution < -0.4 is 4.72 Å². The summed E-state index contributed by atoms with van der Waals surface area (Å²) < 4.78 is 32.0. The molecule has 0 aromatic carbocycles. The molecule has 0 radical (unpaired) electrons. The van der Waals surface area contributed by atoms with Gasteiger partial charge in [0, 0.05) is 19.6 Å². The van der Waals surface area contributed by atoms with Crippen LogP contribution in [0, 0.1) is 5.92 Å². The fourth-order valence-electron chi connectivity index (χ4n) is 1.27. The third kappa shape index (κ3) is 5.79. The van der Waals surface area contributed by atoms with Gasteiger partial charge in [0.1, 0.15) is 0 Å². The highest BCUT2D eigenvalue weighted by atomic mass is 32.2. The van der Waals surface area contributed by atoms with Gasteiger partial charge in [0.15, 0.2) is 0 Å². The molecule has 0 saturated heterocycles. The zero-order chi connectivity index (χ0) is 14.3. The Morgan fingerprint density at radius 2 is 1.94 bits per heavy atom. The maximum absolute atomic E-state index is 11.9. The molecule has 0 aliphatic heterocycles. The van der Waals surface area contributed by atoms with Gasteiger partial charge in [0.05, 0.1) is 13.5 Å². The molecule has 0 fully saturated rings. The molecule has 2 atom stereocenters. The van der Waals surface area contributed by atoms with E-state index >= 15 is 0 Å². The van der Waals surface area contributed by atoms with E-state index in [1.165, 1.54) is 14.2 Å². The van der Waals surface area contributed by atoms with Crippen molar-refractivity contribution in [3.05, 3.63) is 0 Å². The van der Waals surface area contributed by atoms with Crippen molar-refractivity contribution >= 4 is 16.2 Å². The minimum Gasteiger partial charge on any atom is -0.469 e. The summed E-state index contributed by atoms with van der Waals surface area (Å²) in [7, 11) is -0.826. The number of hydrogen-bond acceptors (Lipinski definition) is 4. The van der Waals surface area contributed by atoms with E-state index in [-0.39, 0.29) is 24.9 Å². The van der Waals surface area contributed by atoms with Gasteiger partial charge in [-0.25, -0.2) is 0 Å². The first-order valence-corrected chi connectivity index (χ1v) is 7.49. The topological polar surface area (TPSA) is 75.7 Å². The van der Waals surface area contributed by atoms with E-state index in [4.69, 9.17) is 0 Å². The molecule has 0 aliphatic carbocycles. The molecule has 6 nitrogen and oxygen atoms in total. The Balaban J connectivity index is 4.40. The van der Waals surface area contributed by atoms with E-state index in [1.807, 2.05) is 20.8 Å². The van der Waals surface area contributed by atoms with Gasteiger partial charge in [-0.15, -0.1) is 0 Å². The van der Waals surface area contributed by atoms with E-state index < -0.39 is 16.2 Å². The Morgan fingerprint density at radius 1 is 1.39 bits per heavy atom. The highest BCUT2D eigenvalue weighted by Crippen LogP contribution is 2.09. The third-order valence-corrected chi connectivity index (χ3v) is 4.77. The zero-order valence-electron chi connectivity index (χ0n) is 11.8. The summed E-state index contributed by atoms with van der Waals surface area (Å²) in [6, 6.07) is -0.138. The number of methoxy groups -OCH3 is 1. The molecule has 0 aromatic heterocycles. The maximum Gasteiger partial charge on any atom is 0.306 e. The van der Waals surface area contributed by atoms with Crippen LogP contribution in [0.25, 0.3) is 0 Å². The van der Waals surface area contributed by atoms with Gasteiger partial charge in [-0.1, -0.05) is 20.3 Å². The quantitative estimate of drug-likeness (QED) is 0.666. The second-order valence-electron chi connectivity index (χ2n) is 4.44. The Hall–Kier alpha value is -0.660. The van der Waals surface area contributed by atoms with Gasteiger partial charge in [-0.2, -0.15) is 17.4 Å². The van der Waals surface area contributed by atoms with Crippen LogP contribution in [0.2, 0.25) is 0 Å². The van der Waals surface area contributed by atoms with Crippen LogP contribution in [-0.2, 0) is 19.7 Å². The average molecular weight is 280 g/mol. The van der Waals surface area contributed by atoms with Crippen LogP contribution in [0.3, 0.4) is 0 Å². The standard InChI is InChI=1S/C11H24N2O4S/c1-6-9(2)10(3)12-18(15,16)13(4)8-7-11(14)17-5/h9-10,12H,6-8H2,1-5H3. The highest BCUT2D eigenvalue weighted by molar-refractivity contribution is 7.87. The van der Waals surface area contributed by atoms with Gasteiger partial charge in [-0.3, -0.25) is 4.79 Å². The van der Waals surface area contributed by atoms with Crippen LogP contribution in [-0.4, -0.2) is 45.4 Å². The molecular weight excluding hydrogens is 256 g/mol. The Kier molecular flexibility index (Phi) is 7.42. The van der Waals surface area contributed by atoms with Crippen molar-refractivity contribution < 1.29 is 17.9 Å². The van der Waals surface area contributed by atoms with Crippen LogP contribution in [0.15, 0.2) is 0 Å². The summed E-state index contributed by atoms with van der Waals surface area (Å²) in [4.78, 5) is 11.0. The largest absolute Gasteiger partial charge is 0.469 e. The Morgan fingerprint density at radius 3 is 2.39 bits per heavy atom. The lowest BCUT2D eigenvalue weighted by atomic mass is 10.0. The third-order valence-electron chi connectivity index (χ3n) is 3.10. The van der Waals surface area contributed by atoms with Crippen LogP contribution in [0.1, 0.15) is 33.6 Å². The fraction of sp³-hybridized carbons (Fsp3) is 0.909. The summed E-state index contributed by atoms with van der Waals surface area (Å²) in [5, 5.41) is 0. The molecule has 0 bridgehead atoms. The van der Waals surface area contributed by atoms with Crippen LogP contribution in [0.4, 0.5) is 0 Å². The number of ether oxygens (including phenoxy) is 1. The first-order chi connectivity index (χ1) is 8.24. The van der Waals surface area contributed by atoms with E-state index in [1.54, 1.807) is 0 Å². The number of esters is 1. The second kappa shape index (κ2) is 7.70. The maximum atomic E-state index is 11.9. The number of nitrogens with zero attached hydrogens (tertiary/aromatic N) is 1. The minimum atomic E-state index is -3.54. The molecule has 0 heterocycles. The van der Waals surface area contributed by atoms with Crippen LogP contribution in [0.5, 0.6) is 0 Å². The van der Waals surface area contributed by atoms with E-state index in [0.717, 1.165) is 10.7 Å². The normalized spacial score (nSPS) is 15.4. The van der Waals surface area contributed by atoms with E-state index in [9.17, 15) is 13.2 Å². The SMILES string of the molecule is CCC(C)C(C)NS(=O)(=O)N(C)CCC(=O)OC. The van der Waals surface area contributed by atoms with Crippen molar-refractivity contribution in [2.24, 2.45) is 5.92 Å². The number of rotatable bonds is 8. The van der Waals surface area contributed by atoms with E-state index in [0.29, 0.717) is 0 Å². The molecule has 0 spiro atoms. The molecular formula is C11H24N2O4S. The van der Waals surface area contributed by atoms with Gasteiger partial charge in [0.25, 0.3) is 10.2 Å². The smallest absolute Gasteiger partial charge is 0.306 e. The Labute approximate surface area is 110 Å². The fourth-order valence-corrected chi connectivity index (χ4v) is 2.48. The summed E-state index contributed by atoms with van der Waals surface area (Å²) >= 11 is 0. The predicted molar refractivity (Wildman–Crippen MR) is 70.2 cm³/mol. The molecule has 0 amide bonds. The minimum absolute atomic E-state index is 0.0472. The van der Waals surface area contributed by atoms with Crippen LogP contribution >= 0.6 is 0 Å². The number of carbonyl (C=O) groups excluding carboxylic acids is 1. The van der Waals surface area contributed by atoms with Crippen molar-refractivity contribution in [1.29, 1.82) is 0 Å². The average Bonchev–Trinajstić information content (AvgIpc) is 2.33. The predicted octanol–water partition coefficient (Wildman–Crippen LogP) is 0.750. The van der Waals surface area contributed by atoms with Gasteiger partial charge < -0.3 is 4.74 Å². The number of carbonyl (C=O) groups is 1. The summed E-state index contributed by atoms with van der Waals surface area (Å²) in [5.41, 5.74) is 0. The van der Waals surface area contributed by atoms with Gasteiger partial charge >= 0.3 is 5.97 Å². The zero-order valence-corrected chi connectivity index (χ0v) is 12.6. The Bertz CT molecular complexity index is 356. The highest BCUT2D eigenvalue weighted by Gasteiger charge is 2.22. The van der Waals surface area contributed by atoms with E-state index in [2.05, 4.69) is 9.46 Å². The van der Waals surface area contributed by atoms with Crippen molar-refractivity contribution in [3.63, 3.8) is 0 Å². The molecule has 108 valence electrons. The number of nitrogens with one attached hydrogen (secondary N) is 1. The molecule has 7 heteroatoms. The molecule has 0 aromatic rings. The van der Waals surface area contributed by atoms with Gasteiger partial charge in [0.2, 0.25) is 0 Å². The van der Waals surface area contributed by atoms with Crippen molar-refractivity contribution in [2.75, 3.05) is 20.7 Å². The summed E-state index contributed by atoms with van der Waals surface area (Å²) in [5.74, 6) is -0.166. The van der Waals surface area contributed by atoms with Crippen molar-refractivity contribution in [3.8, 4) is 0 Å². The molecule has 0 saturated carbocycles. The first-order valence-electron chi connectivity index (χ1n) is 6.05. The lowest BCUT2D eigenvalue weighted by Gasteiger charge is -2.24. The molecule has 0 aliphatic rings. The summed E-state index contributed by atoms with van der Waals surface area (Å²) in [6.07, 6.45) is 0.946. The number of hydrogen-bond donors (Lipinski definition) is 1. The molecule has 0 rings (SSSR count). The lowest BCUT2D eigenvalue weighted by molar-refractivity contribution is -0.140. The molecule has 2 unspecified atom stereocenters. The summed E-state index contributed by atoms with van der Waals surface area (Å²) in [6.45, 7) is 5.94. The first kappa shape index (κ1) is 17.3. The molecule has 18 heavy (non-hydrogen) atoms. The molecule has 1 N–H and O–H groups in total. The second-order valence-corrected chi connectivity index (χ2v) is 6.25. The van der Waals surface area contributed by atoms with Crippen molar-refractivity contribution in [2.45, 2.75) is 39.7 Å².